The van der Waals surface area contributed by atoms with Crippen LogP contribution in [-0.4, -0.2) is 16.2 Å². The van der Waals surface area contributed by atoms with Crippen LogP contribution in [0.1, 0.15) is 5.56 Å². The van der Waals surface area contributed by atoms with Crippen molar-refractivity contribution in [2.45, 2.75) is 6.92 Å². The Morgan fingerprint density at radius 1 is 1.04 bits per heavy atom. The number of hydrogen-bond acceptors (Lipinski definition) is 4. The maximum atomic E-state index is 13.1. The van der Waals surface area contributed by atoms with Gasteiger partial charge in [0.15, 0.2) is 11.6 Å². The summed E-state index contributed by atoms with van der Waals surface area (Å²) >= 11 is 1.22. The number of hydrogen-bond donors (Lipinski definition) is 2. The summed E-state index contributed by atoms with van der Waals surface area (Å²) in [4.78, 5) is 11.9. The number of benzene rings is 2. The standard InChI is InChI=1S/C16H12F2N4OS/c1-9-4-2-3-5-11(9)14-21-22-16(24-14)20-15(23)19-10-6-7-12(17)13(18)8-10/h2-8H,1H3,(H2,19,20,22,23). The van der Waals surface area contributed by atoms with Crippen LogP contribution in [0.25, 0.3) is 10.6 Å². The summed E-state index contributed by atoms with van der Waals surface area (Å²) in [5.74, 6) is -2.02. The van der Waals surface area contributed by atoms with Crippen LogP contribution in [0.5, 0.6) is 0 Å². The van der Waals surface area contributed by atoms with Gasteiger partial charge in [-0.3, -0.25) is 5.32 Å². The fourth-order valence-corrected chi connectivity index (χ4v) is 2.86. The van der Waals surface area contributed by atoms with Crippen molar-refractivity contribution in [3.8, 4) is 10.6 Å². The maximum Gasteiger partial charge on any atom is 0.325 e. The number of rotatable bonds is 3. The highest BCUT2D eigenvalue weighted by Crippen LogP contribution is 2.28. The first-order valence-corrected chi connectivity index (χ1v) is 7.77. The normalized spacial score (nSPS) is 10.5. The lowest BCUT2D eigenvalue weighted by Gasteiger charge is -2.05. The first-order chi connectivity index (χ1) is 11.5. The maximum absolute atomic E-state index is 13.1. The highest BCUT2D eigenvalue weighted by atomic mass is 32.1. The molecule has 1 aromatic heterocycles. The van der Waals surface area contributed by atoms with E-state index in [9.17, 15) is 13.6 Å². The summed E-state index contributed by atoms with van der Waals surface area (Å²) < 4.78 is 26.0. The van der Waals surface area contributed by atoms with Gasteiger partial charge in [-0.05, 0) is 24.6 Å². The molecule has 2 N–H and O–H groups in total. The van der Waals surface area contributed by atoms with Crippen LogP contribution < -0.4 is 10.6 Å². The molecular weight excluding hydrogens is 334 g/mol. The molecule has 0 unspecified atom stereocenters. The molecule has 0 aliphatic carbocycles. The fraction of sp³-hybridized carbons (Fsp3) is 0.0625. The minimum Gasteiger partial charge on any atom is -0.308 e. The Balaban J connectivity index is 1.69. The Labute approximate surface area is 140 Å². The van der Waals surface area contributed by atoms with E-state index in [1.807, 2.05) is 31.2 Å². The van der Waals surface area contributed by atoms with Crippen LogP contribution in [-0.2, 0) is 0 Å². The molecule has 122 valence electrons. The highest BCUT2D eigenvalue weighted by molar-refractivity contribution is 7.18. The number of aromatic nitrogens is 2. The molecule has 0 bridgehead atoms. The molecule has 24 heavy (non-hydrogen) atoms. The number of amides is 2. The van der Waals surface area contributed by atoms with Gasteiger partial charge in [-0.1, -0.05) is 35.6 Å². The molecule has 0 spiro atoms. The second kappa shape index (κ2) is 6.71. The minimum absolute atomic E-state index is 0.134. The topological polar surface area (TPSA) is 66.9 Å². The lowest BCUT2D eigenvalue weighted by atomic mass is 10.1. The minimum atomic E-state index is -1.04. The van der Waals surface area contributed by atoms with E-state index in [0.29, 0.717) is 10.1 Å². The molecule has 1 heterocycles. The molecule has 0 aliphatic heterocycles. The third-order valence-corrected chi connectivity index (χ3v) is 4.07. The van der Waals surface area contributed by atoms with E-state index >= 15 is 0 Å². The molecule has 2 amide bonds. The number of carbonyl (C=O) groups excluding carboxylic acids is 1. The Bertz CT molecular complexity index is 897. The van der Waals surface area contributed by atoms with Crippen LogP contribution in [0.4, 0.5) is 24.4 Å². The smallest absolute Gasteiger partial charge is 0.308 e. The number of anilines is 2. The zero-order valence-corrected chi connectivity index (χ0v) is 13.3. The molecule has 0 radical (unpaired) electrons. The third-order valence-electron chi connectivity index (χ3n) is 3.20. The Hall–Kier alpha value is -2.87. The van der Waals surface area contributed by atoms with Gasteiger partial charge >= 0.3 is 6.03 Å². The van der Waals surface area contributed by atoms with Gasteiger partial charge in [0.05, 0.1) is 0 Å². The fourth-order valence-electron chi connectivity index (χ4n) is 2.03. The summed E-state index contributed by atoms with van der Waals surface area (Å²) in [7, 11) is 0. The van der Waals surface area contributed by atoms with E-state index in [4.69, 9.17) is 0 Å². The van der Waals surface area contributed by atoms with Crippen molar-refractivity contribution >= 4 is 28.2 Å². The molecule has 0 saturated heterocycles. The van der Waals surface area contributed by atoms with Gasteiger partial charge in [-0.25, -0.2) is 13.6 Å². The van der Waals surface area contributed by atoms with E-state index in [0.717, 1.165) is 23.3 Å². The summed E-state index contributed by atoms with van der Waals surface area (Å²) in [6.45, 7) is 1.96. The van der Waals surface area contributed by atoms with Gasteiger partial charge in [0.1, 0.15) is 5.01 Å². The summed E-state index contributed by atoms with van der Waals surface area (Å²) in [6.07, 6.45) is 0. The van der Waals surface area contributed by atoms with Crippen LogP contribution in [0.3, 0.4) is 0 Å². The zero-order chi connectivity index (χ0) is 17.1. The Morgan fingerprint density at radius 3 is 2.58 bits per heavy atom. The quantitative estimate of drug-likeness (QED) is 0.737. The van der Waals surface area contributed by atoms with E-state index < -0.39 is 17.7 Å². The second-order valence-electron chi connectivity index (χ2n) is 4.94. The number of carbonyl (C=O) groups is 1. The van der Waals surface area contributed by atoms with Gasteiger partial charge in [0, 0.05) is 17.3 Å². The molecular formula is C16H12F2N4OS. The Kier molecular flexibility index (Phi) is 4.48. The molecule has 3 rings (SSSR count). The first-order valence-electron chi connectivity index (χ1n) is 6.95. The lowest BCUT2D eigenvalue weighted by Crippen LogP contribution is -2.19. The van der Waals surface area contributed by atoms with Gasteiger partial charge in [-0.2, -0.15) is 0 Å². The number of nitrogens with one attached hydrogen (secondary N) is 2. The SMILES string of the molecule is Cc1ccccc1-c1nnc(NC(=O)Nc2ccc(F)c(F)c2)s1. The first kappa shape index (κ1) is 16.0. The number of halogens is 2. The van der Waals surface area contributed by atoms with Crippen molar-refractivity contribution in [3.63, 3.8) is 0 Å². The van der Waals surface area contributed by atoms with Crippen LogP contribution in [0.15, 0.2) is 42.5 Å². The summed E-state index contributed by atoms with van der Waals surface area (Å²) in [5.41, 5.74) is 2.12. The average molecular weight is 346 g/mol. The average Bonchev–Trinajstić information content (AvgIpc) is 2.99. The molecule has 8 heteroatoms. The lowest BCUT2D eigenvalue weighted by molar-refractivity contribution is 0.262. The van der Waals surface area contributed by atoms with E-state index in [-0.39, 0.29) is 5.69 Å². The van der Waals surface area contributed by atoms with Gasteiger partial charge in [0.25, 0.3) is 0 Å². The van der Waals surface area contributed by atoms with E-state index in [1.54, 1.807) is 0 Å². The zero-order valence-electron chi connectivity index (χ0n) is 12.5. The molecule has 0 fully saturated rings. The van der Waals surface area contributed by atoms with Crippen molar-refractivity contribution < 1.29 is 13.6 Å². The van der Waals surface area contributed by atoms with E-state index in [2.05, 4.69) is 20.8 Å². The molecule has 2 aromatic carbocycles. The largest absolute Gasteiger partial charge is 0.325 e. The number of urea groups is 1. The van der Waals surface area contributed by atoms with Crippen molar-refractivity contribution in [1.29, 1.82) is 0 Å². The molecule has 0 atom stereocenters. The number of aryl methyl sites for hydroxylation is 1. The molecule has 0 saturated carbocycles. The van der Waals surface area contributed by atoms with Crippen LogP contribution in [0, 0.1) is 18.6 Å². The highest BCUT2D eigenvalue weighted by Gasteiger charge is 2.12. The number of nitrogens with zero attached hydrogens (tertiary/aromatic N) is 2. The predicted molar refractivity (Wildman–Crippen MR) is 89.1 cm³/mol. The molecule has 5 nitrogen and oxygen atoms in total. The molecule has 3 aromatic rings. The third kappa shape index (κ3) is 3.54. The predicted octanol–water partition coefficient (Wildman–Crippen LogP) is 4.44. The summed E-state index contributed by atoms with van der Waals surface area (Å²) in [5, 5.41) is 13.8. The monoisotopic (exact) mass is 346 g/mol. The van der Waals surface area contributed by atoms with Crippen molar-refractivity contribution in [1.82, 2.24) is 10.2 Å². The van der Waals surface area contributed by atoms with Crippen LogP contribution in [0.2, 0.25) is 0 Å². The summed E-state index contributed by atoms with van der Waals surface area (Å²) in [6, 6.07) is 10.2. The Morgan fingerprint density at radius 2 is 1.83 bits per heavy atom. The second-order valence-corrected chi connectivity index (χ2v) is 5.91. The van der Waals surface area contributed by atoms with E-state index in [1.165, 1.54) is 17.4 Å². The van der Waals surface area contributed by atoms with Gasteiger partial charge in [0.2, 0.25) is 5.13 Å². The molecule has 0 aliphatic rings. The van der Waals surface area contributed by atoms with Crippen molar-refractivity contribution in [3.05, 3.63) is 59.7 Å². The van der Waals surface area contributed by atoms with Crippen molar-refractivity contribution in [2.24, 2.45) is 0 Å². The van der Waals surface area contributed by atoms with Gasteiger partial charge in [-0.15, -0.1) is 10.2 Å². The van der Waals surface area contributed by atoms with Crippen molar-refractivity contribution in [2.75, 3.05) is 10.6 Å². The van der Waals surface area contributed by atoms with Crippen LogP contribution >= 0.6 is 11.3 Å². The van der Waals surface area contributed by atoms with Gasteiger partial charge < -0.3 is 5.32 Å².